The van der Waals surface area contributed by atoms with E-state index < -0.39 is 0 Å². The maximum Gasteiger partial charge on any atom is 0.165 e. The van der Waals surface area contributed by atoms with Gasteiger partial charge in [0.15, 0.2) is 5.82 Å². The van der Waals surface area contributed by atoms with E-state index in [0.717, 1.165) is 11.7 Å². The smallest absolute Gasteiger partial charge is 0.165 e. The number of benzene rings is 1. The van der Waals surface area contributed by atoms with Gasteiger partial charge in [0.1, 0.15) is 5.69 Å². The van der Waals surface area contributed by atoms with Crippen molar-refractivity contribution >= 4 is 40.7 Å². The zero-order chi connectivity index (χ0) is 10.1. The van der Waals surface area contributed by atoms with E-state index in [1.165, 1.54) is 0 Å². The molecular weight excluding hydrogens is 241 g/mol. The zero-order valence-corrected chi connectivity index (χ0v) is 9.20. The molecule has 14 heavy (non-hydrogen) atoms. The van der Waals surface area contributed by atoms with Crippen LogP contribution in [0.4, 0.5) is 5.82 Å². The molecule has 1 aromatic carbocycles. The first-order valence-electron chi connectivity index (χ1n) is 3.72. The van der Waals surface area contributed by atoms with Crippen molar-refractivity contribution in [3.63, 3.8) is 0 Å². The van der Waals surface area contributed by atoms with Crippen LogP contribution in [0, 0.1) is 0 Å². The molecule has 1 heterocycles. The van der Waals surface area contributed by atoms with Crippen molar-refractivity contribution in [2.24, 2.45) is 0 Å². The Balaban J connectivity index is 2.68. The molecule has 0 aliphatic rings. The minimum absolute atomic E-state index is 0.352. The quantitative estimate of drug-likeness (QED) is 0.841. The van der Waals surface area contributed by atoms with Crippen LogP contribution < -0.4 is 5.73 Å². The third kappa shape index (κ3) is 1.56. The maximum absolute atomic E-state index is 5.99. The lowest BCUT2D eigenvalue weighted by atomic mass is 10.1. The predicted molar refractivity (Wildman–Crippen MR) is 59.8 cm³/mol. The number of nitrogen functional groups attached to an aromatic ring is 1. The van der Waals surface area contributed by atoms with Crippen molar-refractivity contribution in [2.75, 3.05) is 5.73 Å². The molecule has 0 bridgehead atoms. The molecule has 72 valence electrons. The van der Waals surface area contributed by atoms with E-state index in [4.69, 9.17) is 28.9 Å². The average Bonchev–Trinajstić information content (AvgIpc) is 2.52. The van der Waals surface area contributed by atoms with Gasteiger partial charge in [0.2, 0.25) is 0 Å². The summed E-state index contributed by atoms with van der Waals surface area (Å²) in [5.41, 5.74) is 6.82. The highest BCUT2D eigenvalue weighted by Crippen LogP contribution is 2.36. The molecule has 3 nitrogen and oxygen atoms in total. The topological polar surface area (TPSA) is 51.8 Å². The third-order valence-electron chi connectivity index (χ3n) is 1.71. The van der Waals surface area contributed by atoms with E-state index in [1.807, 2.05) is 0 Å². The summed E-state index contributed by atoms with van der Waals surface area (Å²) in [6.45, 7) is 0. The summed E-state index contributed by atoms with van der Waals surface area (Å²) in [5, 5.41) is 1.05. The van der Waals surface area contributed by atoms with E-state index in [2.05, 4.69) is 8.75 Å². The Bertz CT molecular complexity index is 449. The van der Waals surface area contributed by atoms with Crippen molar-refractivity contribution in [1.29, 1.82) is 0 Å². The van der Waals surface area contributed by atoms with Gasteiger partial charge in [-0.2, -0.15) is 8.75 Å². The first-order valence-corrected chi connectivity index (χ1v) is 5.21. The molecule has 0 saturated heterocycles. The molecule has 2 aromatic rings. The lowest BCUT2D eigenvalue weighted by Crippen LogP contribution is -1.89. The predicted octanol–water partition coefficient (Wildman–Crippen LogP) is 3.09. The van der Waals surface area contributed by atoms with Crippen LogP contribution in [-0.2, 0) is 0 Å². The molecule has 0 unspecified atom stereocenters. The van der Waals surface area contributed by atoms with Gasteiger partial charge in [-0.15, -0.1) is 0 Å². The molecule has 0 atom stereocenters. The van der Waals surface area contributed by atoms with Crippen LogP contribution in [0.2, 0.25) is 10.0 Å². The lowest BCUT2D eigenvalue weighted by molar-refractivity contribution is 1.49. The molecule has 1 aromatic heterocycles. The van der Waals surface area contributed by atoms with Crippen LogP contribution in [0.1, 0.15) is 0 Å². The monoisotopic (exact) mass is 245 g/mol. The standard InChI is InChI=1S/C8H5Cl2N3S/c9-4-2-1-3-5(10)6(4)7-8(11)13-14-12-7/h1-3H,(H2,11,13). The fourth-order valence-corrected chi connectivity index (χ4v) is 2.15. The SMILES string of the molecule is Nc1nsnc1-c1c(Cl)cccc1Cl. The Hall–Kier alpha value is -0.840. The molecule has 0 fully saturated rings. The van der Waals surface area contributed by atoms with Gasteiger partial charge in [-0.25, -0.2) is 0 Å². The summed E-state index contributed by atoms with van der Waals surface area (Å²) in [5.74, 6) is 0.352. The van der Waals surface area contributed by atoms with Crippen molar-refractivity contribution in [3.8, 4) is 11.3 Å². The van der Waals surface area contributed by atoms with Gasteiger partial charge < -0.3 is 5.73 Å². The average molecular weight is 246 g/mol. The van der Waals surface area contributed by atoms with Crippen molar-refractivity contribution in [2.45, 2.75) is 0 Å². The second kappa shape index (κ2) is 3.73. The summed E-state index contributed by atoms with van der Waals surface area (Å²) >= 11 is 13.0. The Labute approximate surface area is 94.8 Å². The summed E-state index contributed by atoms with van der Waals surface area (Å²) < 4.78 is 7.91. The molecule has 0 radical (unpaired) electrons. The van der Waals surface area contributed by atoms with Gasteiger partial charge in [-0.3, -0.25) is 0 Å². The van der Waals surface area contributed by atoms with E-state index in [1.54, 1.807) is 18.2 Å². The molecule has 6 heteroatoms. The number of nitrogens with zero attached hydrogens (tertiary/aromatic N) is 2. The Morgan fingerprint density at radius 2 is 1.79 bits per heavy atom. The van der Waals surface area contributed by atoms with E-state index in [9.17, 15) is 0 Å². The molecule has 0 saturated carbocycles. The second-order valence-electron chi connectivity index (χ2n) is 2.59. The van der Waals surface area contributed by atoms with Gasteiger partial charge in [-0.05, 0) is 12.1 Å². The minimum Gasteiger partial charge on any atom is -0.381 e. The van der Waals surface area contributed by atoms with Crippen LogP contribution in [0.25, 0.3) is 11.3 Å². The first-order chi connectivity index (χ1) is 6.70. The van der Waals surface area contributed by atoms with E-state index in [0.29, 0.717) is 27.1 Å². The number of nitrogens with two attached hydrogens (primary N) is 1. The van der Waals surface area contributed by atoms with Gasteiger partial charge in [-0.1, -0.05) is 29.3 Å². The summed E-state index contributed by atoms with van der Waals surface area (Å²) in [6, 6.07) is 5.24. The van der Waals surface area contributed by atoms with Gasteiger partial charge in [0.05, 0.1) is 21.8 Å². The summed E-state index contributed by atoms with van der Waals surface area (Å²) in [7, 11) is 0. The van der Waals surface area contributed by atoms with E-state index in [-0.39, 0.29) is 0 Å². The number of aromatic nitrogens is 2. The van der Waals surface area contributed by atoms with Crippen LogP contribution in [0.3, 0.4) is 0 Å². The largest absolute Gasteiger partial charge is 0.381 e. The molecule has 0 amide bonds. The highest BCUT2D eigenvalue weighted by atomic mass is 35.5. The first kappa shape index (κ1) is 9.71. The fraction of sp³-hybridized carbons (Fsp3) is 0. The maximum atomic E-state index is 5.99. The van der Waals surface area contributed by atoms with Crippen LogP contribution in [0.15, 0.2) is 18.2 Å². The number of anilines is 1. The van der Waals surface area contributed by atoms with Crippen LogP contribution in [0.5, 0.6) is 0 Å². The number of hydrogen-bond acceptors (Lipinski definition) is 4. The van der Waals surface area contributed by atoms with Crippen LogP contribution >= 0.6 is 34.9 Å². The van der Waals surface area contributed by atoms with Crippen molar-refractivity contribution in [1.82, 2.24) is 8.75 Å². The number of halogens is 2. The summed E-state index contributed by atoms with van der Waals surface area (Å²) in [4.78, 5) is 0. The molecule has 2 N–H and O–H groups in total. The zero-order valence-electron chi connectivity index (χ0n) is 6.87. The Kier molecular flexibility index (Phi) is 2.58. The molecular formula is C8H5Cl2N3S. The molecule has 0 aliphatic carbocycles. The normalized spacial score (nSPS) is 10.4. The number of rotatable bonds is 1. The highest BCUT2D eigenvalue weighted by molar-refractivity contribution is 6.99. The second-order valence-corrected chi connectivity index (χ2v) is 3.94. The molecule has 0 spiro atoms. The van der Waals surface area contributed by atoms with Gasteiger partial charge in [0, 0.05) is 5.56 Å². The molecule has 0 aliphatic heterocycles. The molecule has 2 rings (SSSR count). The third-order valence-corrected chi connectivity index (χ3v) is 2.89. The van der Waals surface area contributed by atoms with Gasteiger partial charge >= 0.3 is 0 Å². The van der Waals surface area contributed by atoms with E-state index >= 15 is 0 Å². The highest BCUT2D eigenvalue weighted by Gasteiger charge is 2.14. The minimum atomic E-state index is 0.352. The lowest BCUT2D eigenvalue weighted by Gasteiger charge is -2.03. The van der Waals surface area contributed by atoms with Crippen molar-refractivity contribution < 1.29 is 0 Å². The van der Waals surface area contributed by atoms with Gasteiger partial charge in [0.25, 0.3) is 0 Å². The van der Waals surface area contributed by atoms with Crippen LogP contribution in [-0.4, -0.2) is 8.75 Å². The Morgan fingerprint density at radius 1 is 1.14 bits per heavy atom. The summed E-state index contributed by atoms with van der Waals surface area (Å²) in [6.07, 6.45) is 0. The Morgan fingerprint density at radius 3 is 2.29 bits per heavy atom. The fourth-order valence-electron chi connectivity index (χ4n) is 1.09. The number of hydrogen-bond donors (Lipinski definition) is 1. The van der Waals surface area contributed by atoms with Crippen molar-refractivity contribution in [3.05, 3.63) is 28.2 Å².